The second-order valence-electron chi connectivity index (χ2n) is 9.86. The van der Waals surface area contributed by atoms with Gasteiger partial charge in [-0.25, -0.2) is 12.6 Å². The van der Waals surface area contributed by atoms with Gasteiger partial charge in [0.25, 0.3) is 10.1 Å². The number of hydrogen-bond acceptors (Lipinski definition) is 16. The Morgan fingerprint density at radius 2 is 1.35 bits per heavy atom. The van der Waals surface area contributed by atoms with Crippen molar-refractivity contribution in [1.29, 1.82) is 0 Å². The minimum Gasteiger partial charge on any atom is -0.507 e. The van der Waals surface area contributed by atoms with Gasteiger partial charge >= 0.3 is 10.4 Å². The highest BCUT2D eigenvalue weighted by Gasteiger charge is 2.18. The summed E-state index contributed by atoms with van der Waals surface area (Å²) < 4.78 is 91.5. The van der Waals surface area contributed by atoms with Crippen LogP contribution in [0.3, 0.4) is 0 Å². The summed E-state index contributed by atoms with van der Waals surface area (Å²) in [4.78, 5) is 11.6. The molecule has 5 rings (SSSR count). The van der Waals surface area contributed by atoms with Gasteiger partial charge < -0.3 is 21.5 Å². The van der Waals surface area contributed by atoms with Gasteiger partial charge in [0, 0.05) is 28.2 Å². The molecule has 0 aliphatic carbocycles. The van der Waals surface area contributed by atoms with Crippen LogP contribution >= 0.6 is 11.6 Å². The van der Waals surface area contributed by atoms with E-state index < -0.39 is 53.4 Å². The standard InChI is InChI=1S/C27H23ClN8O10S3/c28-25-32-26(34-27(33-25)31-16-5-7-18(8-6-16)47(38,39)12-11-46-49(43,44)45)30-15-1-3-17(4-2-15)35-36-24-21-13-19(48(40,41)42)14-23(37)20(21)9-10-22(24)29/h1-10,13-14,37H,11-12,29H2,(H,40,41,42)(H,43,44,45)(H2,30,31,32,33,34). The van der Waals surface area contributed by atoms with Crippen LogP contribution in [-0.4, -0.2) is 66.8 Å². The molecule has 0 unspecified atom stereocenters. The zero-order chi connectivity index (χ0) is 35.6. The summed E-state index contributed by atoms with van der Waals surface area (Å²) in [5.41, 5.74) is 7.52. The lowest BCUT2D eigenvalue weighted by Crippen LogP contribution is -2.15. The fraction of sp³-hybridized carbons (Fsp3) is 0.0741. The molecule has 0 fully saturated rings. The minimum absolute atomic E-state index is 0.0148. The van der Waals surface area contributed by atoms with Gasteiger partial charge in [-0.05, 0) is 78.3 Å². The Hall–Kier alpha value is -5.03. The fourth-order valence-electron chi connectivity index (χ4n) is 4.20. The van der Waals surface area contributed by atoms with Gasteiger partial charge in [0.1, 0.15) is 11.4 Å². The lowest BCUT2D eigenvalue weighted by molar-refractivity contribution is 0.284. The number of nitrogens with one attached hydrogen (secondary N) is 2. The number of phenols is 1. The minimum atomic E-state index is -4.77. The topological polar surface area (TPSA) is 286 Å². The van der Waals surface area contributed by atoms with Crippen LogP contribution in [0, 0.1) is 0 Å². The molecule has 1 heterocycles. The molecule has 0 aliphatic rings. The van der Waals surface area contributed by atoms with Crippen molar-refractivity contribution in [2.24, 2.45) is 10.2 Å². The maximum Gasteiger partial charge on any atom is 0.397 e. The van der Waals surface area contributed by atoms with Gasteiger partial charge in [-0.15, -0.1) is 5.11 Å². The second kappa shape index (κ2) is 13.8. The molecule has 0 amide bonds. The Bertz CT molecular complexity index is 2410. The van der Waals surface area contributed by atoms with Crippen molar-refractivity contribution in [3.05, 3.63) is 78.1 Å². The van der Waals surface area contributed by atoms with Crippen LogP contribution in [0.5, 0.6) is 5.75 Å². The first kappa shape index (κ1) is 35.3. The van der Waals surface area contributed by atoms with Crippen LogP contribution in [0.15, 0.2) is 92.8 Å². The first-order valence-electron chi connectivity index (χ1n) is 13.4. The highest BCUT2D eigenvalue weighted by Crippen LogP contribution is 2.39. The number of fused-ring (bicyclic) bond motifs is 1. The fourth-order valence-corrected chi connectivity index (χ4v) is 6.38. The summed E-state index contributed by atoms with van der Waals surface area (Å²) in [5, 5.41) is 24.6. The zero-order valence-electron chi connectivity index (χ0n) is 24.5. The van der Waals surface area contributed by atoms with Gasteiger partial charge in [0.05, 0.1) is 33.5 Å². The summed E-state index contributed by atoms with van der Waals surface area (Å²) >= 11 is 6.08. The van der Waals surface area contributed by atoms with Gasteiger partial charge in [-0.3, -0.25) is 9.11 Å². The number of aromatic nitrogens is 3. The third-order valence-corrected chi connectivity index (χ3v) is 9.60. The van der Waals surface area contributed by atoms with E-state index >= 15 is 0 Å². The van der Waals surface area contributed by atoms with Gasteiger partial charge in [-0.2, -0.15) is 36.9 Å². The van der Waals surface area contributed by atoms with E-state index in [1.54, 1.807) is 24.3 Å². The Morgan fingerprint density at radius 1 is 0.755 bits per heavy atom. The number of phenolic OH excluding ortho intramolecular Hbond substituents is 1. The van der Waals surface area contributed by atoms with Crippen molar-refractivity contribution in [2.45, 2.75) is 9.79 Å². The van der Waals surface area contributed by atoms with E-state index in [1.807, 2.05) is 0 Å². The summed E-state index contributed by atoms with van der Waals surface area (Å²) in [6, 6.07) is 16.7. The quantitative estimate of drug-likeness (QED) is 0.0572. The maximum absolute atomic E-state index is 12.4. The molecule has 7 N–H and O–H groups in total. The summed E-state index contributed by atoms with van der Waals surface area (Å²) in [7, 11) is -13.3. The number of halogens is 1. The van der Waals surface area contributed by atoms with Crippen LogP contribution in [0.25, 0.3) is 10.8 Å². The number of nitrogens with zero attached hydrogens (tertiary/aromatic N) is 5. The van der Waals surface area contributed by atoms with Crippen molar-refractivity contribution in [2.75, 3.05) is 28.7 Å². The lowest BCUT2D eigenvalue weighted by atomic mass is 10.1. The zero-order valence-corrected chi connectivity index (χ0v) is 27.7. The summed E-state index contributed by atoms with van der Waals surface area (Å²) in [5.74, 6) is -1.03. The third kappa shape index (κ3) is 9.11. The largest absolute Gasteiger partial charge is 0.507 e. The van der Waals surface area contributed by atoms with E-state index in [9.17, 15) is 34.9 Å². The van der Waals surface area contributed by atoms with Crippen molar-refractivity contribution in [1.82, 2.24) is 15.0 Å². The molecular weight excluding hydrogens is 728 g/mol. The van der Waals surface area contributed by atoms with Crippen LogP contribution in [-0.2, 0) is 34.5 Å². The van der Waals surface area contributed by atoms with Gasteiger partial charge in [0.15, 0.2) is 9.84 Å². The van der Waals surface area contributed by atoms with E-state index in [-0.39, 0.29) is 44.2 Å². The predicted octanol–water partition coefficient (Wildman–Crippen LogP) is 4.71. The summed E-state index contributed by atoms with van der Waals surface area (Å²) in [6.07, 6.45) is 0. The Labute approximate surface area is 283 Å². The molecule has 0 atom stereocenters. The number of anilines is 5. The molecule has 0 saturated carbocycles. The maximum atomic E-state index is 12.4. The highest BCUT2D eigenvalue weighted by molar-refractivity contribution is 7.91. The van der Waals surface area contributed by atoms with Gasteiger partial charge in [-0.1, -0.05) is 0 Å². The molecule has 4 aromatic carbocycles. The molecule has 5 aromatic rings. The van der Waals surface area contributed by atoms with Crippen molar-refractivity contribution in [3.8, 4) is 5.75 Å². The number of rotatable bonds is 12. The molecule has 0 bridgehead atoms. The second-order valence-corrected chi connectivity index (χ2v) is 14.8. The molecule has 49 heavy (non-hydrogen) atoms. The van der Waals surface area contributed by atoms with E-state index in [2.05, 4.69) is 40.0 Å². The number of benzene rings is 4. The molecule has 22 heteroatoms. The van der Waals surface area contributed by atoms with Crippen molar-refractivity contribution < 1.29 is 43.6 Å². The molecule has 0 spiro atoms. The summed E-state index contributed by atoms with van der Waals surface area (Å²) in [6.45, 7) is -0.762. The van der Waals surface area contributed by atoms with Crippen LogP contribution in [0.2, 0.25) is 5.28 Å². The Kier molecular flexibility index (Phi) is 9.96. The monoisotopic (exact) mass is 750 g/mol. The molecule has 1 aromatic heterocycles. The van der Waals surface area contributed by atoms with E-state index in [0.717, 1.165) is 12.1 Å². The predicted molar refractivity (Wildman–Crippen MR) is 178 cm³/mol. The van der Waals surface area contributed by atoms with Gasteiger partial charge in [0.2, 0.25) is 17.2 Å². The van der Waals surface area contributed by atoms with Crippen LogP contribution in [0.4, 0.5) is 40.3 Å². The number of hydrogen-bond donors (Lipinski definition) is 6. The number of nitrogen functional groups attached to an aromatic ring is 1. The first-order chi connectivity index (χ1) is 23.0. The molecule has 0 radical (unpaired) electrons. The molecule has 0 saturated heterocycles. The van der Waals surface area contributed by atoms with Crippen LogP contribution < -0.4 is 16.4 Å². The molecule has 18 nitrogen and oxygen atoms in total. The number of aromatic hydroxyl groups is 1. The average molecular weight is 751 g/mol. The number of azo groups is 1. The average Bonchev–Trinajstić information content (AvgIpc) is 3.00. The Morgan fingerprint density at radius 3 is 1.92 bits per heavy atom. The number of sulfone groups is 1. The van der Waals surface area contributed by atoms with E-state index in [0.29, 0.717) is 17.1 Å². The lowest BCUT2D eigenvalue weighted by Gasteiger charge is -2.10. The molecular formula is C27H23ClN8O10S3. The Balaban J connectivity index is 1.28. The van der Waals surface area contributed by atoms with E-state index in [1.165, 1.54) is 36.4 Å². The molecule has 256 valence electrons. The number of nitrogens with two attached hydrogens (primary N) is 1. The van der Waals surface area contributed by atoms with Crippen molar-refractivity contribution >= 4 is 93.1 Å². The molecule has 0 aliphatic heterocycles. The van der Waals surface area contributed by atoms with E-state index in [4.69, 9.17) is 21.9 Å². The normalized spacial score (nSPS) is 12.4. The SMILES string of the molecule is Nc1ccc2c(O)cc(S(=O)(=O)O)cc2c1N=Nc1ccc(Nc2nc(Cl)nc(Nc3ccc(S(=O)(=O)CCOS(=O)(=O)O)cc3)n2)cc1. The third-order valence-electron chi connectivity index (χ3n) is 6.44. The highest BCUT2D eigenvalue weighted by atomic mass is 35.5. The first-order valence-corrected chi connectivity index (χ1v) is 18.3. The smallest absolute Gasteiger partial charge is 0.397 e. The van der Waals surface area contributed by atoms with Crippen molar-refractivity contribution in [3.63, 3.8) is 0 Å². The van der Waals surface area contributed by atoms with Crippen LogP contribution in [0.1, 0.15) is 0 Å².